The van der Waals surface area contributed by atoms with Crippen LogP contribution in [0.3, 0.4) is 0 Å². The van der Waals surface area contributed by atoms with E-state index in [2.05, 4.69) is 40.1 Å². The molecule has 0 radical (unpaired) electrons. The molecule has 4 rings (SSSR count). The molecule has 0 unspecified atom stereocenters. The van der Waals surface area contributed by atoms with E-state index in [0.717, 1.165) is 74.3 Å². The third kappa shape index (κ3) is 4.50. The first kappa shape index (κ1) is 20.0. The van der Waals surface area contributed by atoms with E-state index in [1.54, 1.807) is 0 Å². The first-order valence-corrected chi connectivity index (χ1v) is 11.0. The number of hydrogen-bond donors (Lipinski definition) is 1. The van der Waals surface area contributed by atoms with Crippen molar-refractivity contribution in [3.63, 3.8) is 0 Å². The predicted octanol–water partition coefficient (Wildman–Crippen LogP) is 2.66. The Morgan fingerprint density at radius 2 is 2.03 bits per heavy atom. The Kier molecular flexibility index (Phi) is 6.23. The fourth-order valence-corrected chi connectivity index (χ4v) is 4.33. The predicted molar refractivity (Wildman–Crippen MR) is 113 cm³/mol. The maximum atomic E-state index is 12.7. The molecule has 2 aliphatic heterocycles. The second-order valence-corrected chi connectivity index (χ2v) is 8.03. The van der Waals surface area contributed by atoms with Crippen molar-refractivity contribution in [1.29, 1.82) is 0 Å². The summed E-state index contributed by atoms with van der Waals surface area (Å²) in [7, 11) is 0. The number of nitrogens with zero attached hydrogens (tertiary/aromatic N) is 4. The van der Waals surface area contributed by atoms with Crippen molar-refractivity contribution in [2.75, 3.05) is 31.1 Å². The van der Waals surface area contributed by atoms with E-state index in [4.69, 9.17) is 9.72 Å². The summed E-state index contributed by atoms with van der Waals surface area (Å²) in [5.74, 6) is 0.139. The van der Waals surface area contributed by atoms with E-state index in [-0.39, 0.29) is 17.9 Å². The van der Waals surface area contributed by atoms with Gasteiger partial charge in [-0.05, 0) is 44.6 Å². The summed E-state index contributed by atoms with van der Waals surface area (Å²) in [5, 5.41) is 3.10. The van der Waals surface area contributed by atoms with Crippen LogP contribution in [-0.4, -0.2) is 53.2 Å². The Morgan fingerprint density at radius 1 is 1.21 bits per heavy atom. The topological polar surface area (TPSA) is 80.2 Å². The van der Waals surface area contributed by atoms with Gasteiger partial charge in [-0.25, -0.2) is 15.0 Å². The number of amides is 1. The van der Waals surface area contributed by atoms with Crippen molar-refractivity contribution < 1.29 is 9.53 Å². The molecule has 0 aliphatic carbocycles. The fourth-order valence-electron chi connectivity index (χ4n) is 4.33. The van der Waals surface area contributed by atoms with Crippen LogP contribution in [0.5, 0.6) is 0 Å². The van der Waals surface area contributed by atoms with Crippen molar-refractivity contribution in [3.8, 4) is 0 Å². The molecule has 1 N–H and O–H groups in total. The van der Waals surface area contributed by atoms with Crippen LogP contribution in [0.25, 0.3) is 11.2 Å². The molecule has 2 fully saturated rings. The molecule has 7 nitrogen and oxygen atoms in total. The highest BCUT2D eigenvalue weighted by Gasteiger charge is 2.27. The monoisotopic (exact) mass is 397 g/mol. The smallest absolute Gasteiger partial charge is 0.224 e. The van der Waals surface area contributed by atoms with Gasteiger partial charge in [0.2, 0.25) is 5.91 Å². The Morgan fingerprint density at radius 3 is 2.79 bits per heavy atom. The van der Waals surface area contributed by atoms with Crippen LogP contribution in [-0.2, 0) is 22.4 Å². The quantitative estimate of drug-likeness (QED) is 0.807. The van der Waals surface area contributed by atoms with Gasteiger partial charge in [-0.1, -0.05) is 13.8 Å². The maximum Gasteiger partial charge on any atom is 0.224 e. The van der Waals surface area contributed by atoms with E-state index in [1.165, 1.54) is 0 Å². The Balaban J connectivity index is 1.45. The number of aromatic nitrogens is 3. The molecule has 2 aliphatic rings. The second-order valence-electron chi connectivity index (χ2n) is 8.03. The fraction of sp³-hybridized carbons (Fsp3) is 0.636. The van der Waals surface area contributed by atoms with Crippen LogP contribution >= 0.6 is 0 Å². The van der Waals surface area contributed by atoms with E-state index in [1.807, 2.05) is 6.20 Å². The van der Waals surface area contributed by atoms with Gasteiger partial charge in [0.25, 0.3) is 0 Å². The lowest BCUT2D eigenvalue weighted by atomic mass is 9.96. The highest BCUT2D eigenvalue weighted by molar-refractivity contribution is 5.80. The van der Waals surface area contributed by atoms with Gasteiger partial charge in [-0.3, -0.25) is 4.79 Å². The zero-order chi connectivity index (χ0) is 20.2. The molecule has 2 atom stereocenters. The maximum absolute atomic E-state index is 12.7. The average Bonchev–Trinajstić information content (AvgIpc) is 3.29. The summed E-state index contributed by atoms with van der Waals surface area (Å²) in [4.78, 5) is 29.0. The number of nitrogens with one attached hydrogen (secondary N) is 1. The van der Waals surface area contributed by atoms with Gasteiger partial charge in [0.1, 0.15) is 5.52 Å². The molecular weight excluding hydrogens is 366 g/mol. The lowest BCUT2D eigenvalue weighted by molar-refractivity contribution is -0.125. The zero-order valence-electron chi connectivity index (χ0n) is 17.5. The summed E-state index contributed by atoms with van der Waals surface area (Å²) in [6.07, 6.45) is 7.84. The molecule has 2 saturated heterocycles. The van der Waals surface area contributed by atoms with Crippen LogP contribution in [0, 0.1) is 5.92 Å². The molecule has 29 heavy (non-hydrogen) atoms. The third-order valence-corrected chi connectivity index (χ3v) is 6.02. The van der Waals surface area contributed by atoms with Crippen molar-refractivity contribution in [1.82, 2.24) is 20.3 Å². The van der Waals surface area contributed by atoms with E-state index < -0.39 is 0 Å². The van der Waals surface area contributed by atoms with Crippen molar-refractivity contribution in [2.24, 2.45) is 5.92 Å². The summed E-state index contributed by atoms with van der Waals surface area (Å²) >= 11 is 0. The van der Waals surface area contributed by atoms with Crippen molar-refractivity contribution >= 4 is 22.8 Å². The van der Waals surface area contributed by atoms with Gasteiger partial charge in [-0.2, -0.15) is 0 Å². The van der Waals surface area contributed by atoms with Gasteiger partial charge in [-0.15, -0.1) is 0 Å². The normalized spacial score (nSPS) is 22.2. The summed E-state index contributed by atoms with van der Waals surface area (Å²) in [6.45, 7) is 7.30. The molecule has 2 aromatic rings. The molecule has 0 saturated carbocycles. The van der Waals surface area contributed by atoms with Gasteiger partial charge in [0.05, 0.1) is 35.3 Å². The number of carbonyl (C=O) groups is 1. The number of carbonyl (C=O) groups excluding carboxylic acids is 1. The molecule has 156 valence electrons. The first-order valence-electron chi connectivity index (χ1n) is 11.0. The number of anilines is 1. The summed E-state index contributed by atoms with van der Waals surface area (Å²) < 4.78 is 5.61. The minimum atomic E-state index is 0.000560. The number of aryl methyl sites for hydroxylation is 2. The van der Waals surface area contributed by atoms with E-state index in [9.17, 15) is 4.79 Å². The number of pyridine rings is 1. The summed E-state index contributed by atoms with van der Waals surface area (Å²) in [5.41, 5.74) is 4.63. The number of fused-ring (bicyclic) bond motifs is 1. The van der Waals surface area contributed by atoms with Crippen molar-refractivity contribution in [3.05, 3.63) is 23.7 Å². The lowest BCUT2D eigenvalue weighted by Crippen LogP contribution is -2.44. The van der Waals surface area contributed by atoms with Crippen LogP contribution in [0.1, 0.15) is 50.9 Å². The van der Waals surface area contributed by atoms with Gasteiger partial charge < -0.3 is 15.0 Å². The van der Waals surface area contributed by atoms with Crippen LogP contribution in [0.2, 0.25) is 0 Å². The number of ether oxygens (including phenoxy) is 1. The minimum Gasteiger partial charge on any atom is -0.376 e. The molecule has 4 heterocycles. The molecule has 0 spiro atoms. The first-order chi connectivity index (χ1) is 14.2. The second kappa shape index (κ2) is 9.03. The average molecular weight is 398 g/mol. The largest absolute Gasteiger partial charge is 0.376 e. The molecule has 0 aromatic carbocycles. The number of rotatable bonds is 6. The van der Waals surface area contributed by atoms with Crippen LogP contribution in [0.15, 0.2) is 12.3 Å². The Labute approximate surface area is 172 Å². The molecular formula is C22H31N5O2. The SMILES string of the molecule is CCc1nc2cc(N3CCC[C@H](C(=O)NC[C@H]4CCCO4)C3)cnc2nc1CC. The van der Waals surface area contributed by atoms with E-state index in [0.29, 0.717) is 18.7 Å². The Hall–Kier alpha value is -2.28. The molecule has 1 amide bonds. The van der Waals surface area contributed by atoms with Crippen LogP contribution < -0.4 is 10.2 Å². The van der Waals surface area contributed by atoms with Gasteiger partial charge >= 0.3 is 0 Å². The standard InChI is InChI=1S/C22H31N5O2/c1-3-18-19(4-2)26-21-20(25-18)11-16(12-23-21)27-9-5-7-15(14-27)22(28)24-13-17-8-6-10-29-17/h11-12,15,17H,3-10,13-14H2,1-2H3,(H,24,28)/t15-,17+/m0/s1. The molecule has 7 heteroatoms. The Bertz CT molecular complexity index is 866. The number of piperidine rings is 1. The zero-order valence-corrected chi connectivity index (χ0v) is 17.5. The third-order valence-electron chi connectivity index (χ3n) is 6.02. The summed E-state index contributed by atoms with van der Waals surface area (Å²) in [6, 6.07) is 2.07. The van der Waals surface area contributed by atoms with Gasteiger partial charge in [0.15, 0.2) is 5.65 Å². The highest BCUT2D eigenvalue weighted by Crippen LogP contribution is 2.25. The van der Waals surface area contributed by atoms with Crippen LogP contribution in [0.4, 0.5) is 5.69 Å². The highest BCUT2D eigenvalue weighted by atomic mass is 16.5. The van der Waals surface area contributed by atoms with E-state index >= 15 is 0 Å². The molecule has 2 aromatic heterocycles. The number of hydrogen-bond acceptors (Lipinski definition) is 6. The lowest BCUT2D eigenvalue weighted by Gasteiger charge is -2.33. The molecule has 0 bridgehead atoms. The minimum absolute atomic E-state index is 0.000560. The van der Waals surface area contributed by atoms with Gasteiger partial charge in [0, 0.05) is 26.2 Å². The van der Waals surface area contributed by atoms with Crippen molar-refractivity contribution in [2.45, 2.75) is 58.5 Å².